The molecule has 0 saturated heterocycles. The Bertz CT molecular complexity index is 1660. The van der Waals surface area contributed by atoms with Crippen LogP contribution in [0.5, 0.6) is 0 Å². The average molecular weight is 501 g/mol. The quantitative estimate of drug-likeness (QED) is 0.163. The Balaban J connectivity index is 1.72. The van der Waals surface area contributed by atoms with E-state index in [0.29, 0.717) is 17.8 Å². The number of rotatable bonds is 4. The Morgan fingerprint density at radius 3 is 1.82 bits per heavy atom. The molecule has 0 fully saturated rings. The lowest BCUT2D eigenvalue weighted by atomic mass is 9.89. The Hall–Kier alpha value is -4.57. The van der Waals surface area contributed by atoms with Gasteiger partial charge in [0.25, 0.3) is 5.70 Å². The van der Waals surface area contributed by atoms with E-state index in [1.807, 2.05) is 59.2 Å². The third-order valence-corrected chi connectivity index (χ3v) is 7.40. The van der Waals surface area contributed by atoms with Crippen LogP contribution in [0.1, 0.15) is 41.7 Å². The highest BCUT2D eigenvalue weighted by molar-refractivity contribution is 6.15. The molecule has 1 aliphatic carbocycles. The monoisotopic (exact) mass is 500 g/mol. The number of ketones is 1. The standard InChI is InChI=1S/C34H26FNO2/c1-21(37)31(32-29-13-7-5-11-27(29)28-12-6-8-14-30(28)32)33(22(2)38)36-20-19-23-9-3-4-10-26(23)34(36)24-15-17-25(35)18-16-24/h3-18H,19-20H2,1-2H3/p+1/b33-22+. The fourth-order valence-corrected chi connectivity index (χ4v) is 5.86. The highest BCUT2D eigenvalue weighted by Gasteiger charge is 2.38. The van der Waals surface area contributed by atoms with Crippen LogP contribution in [0, 0.1) is 5.82 Å². The molecule has 0 bridgehead atoms. The molecule has 0 unspecified atom stereocenters. The molecule has 2 aliphatic rings. The largest absolute Gasteiger partial charge is 0.506 e. The summed E-state index contributed by atoms with van der Waals surface area (Å²) in [5.41, 5.74) is 9.69. The number of aliphatic hydroxyl groups excluding tert-OH is 1. The Morgan fingerprint density at radius 2 is 1.26 bits per heavy atom. The zero-order valence-corrected chi connectivity index (χ0v) is 21.3. The van der Waals surface area contributed by atoms with Crippen LogP contribution in [0.15, 0.2) is 114 Å². The van der Waals surface area contributed by atoms with Gasteiger partial charge in [-0.1, -0.05) is 66.7 Å². The molecule has 1 heterocycles. The van der Waals surface area contributed by atoms with Gasteiger partial charge in [-0.25, -0.2) is 4.39 Å². The number of halogens is 1. The summed E-state index contributed by atoms with van der Waals surface area (Å²) in [6.45, 7) is 3.75. The van der Waals surface area contributed by atoms with Crippen molar-refractivity contribution in [3.8, 4) is 11.1 Å². The minimum absolute atomic E-state index is 0.0588. The summed E-state index contributed by atoms with van der Waals surface area (Å²) in [6, 6.07) is 30.7. The minimum atomic E-state index is -0.315. The van der Waals surface area contributed by atoms with Gasteiger partial charge in [0.2, 0.25) is 5.71 Å². The molecule has 0 spiro atoms. The fraction of sp³-hybridized carbons (Fsp3) is 0.118. The average Bonchev–Trinajstić information content (AvgIpc) is 3.25. The Morgan fingerprint density at radius 1 is 0.737 bits per heavy atom. The SMILES string of the molecule is CC(=O)C(=C1c2ccccc2-c2ccccc21)/C(=C(/C)O)[N+]1=C(c2ccc(F)cc2)c2ccccc2CC1. The van der Waals surface area contributed by atoms with Crippen molar-refractivity contribution in [1.82, 2.24) is 0 Å². The van der Waals surface area contributed by atoms with E-state index in [2.05, 4.69) is 18.2 Å². The number of Topliss-reactive ketones (excluding diaryl/α,β-unsaturated/α-hetero) is 1. The maximum Gasteiger partial charge on any atom is 0.254 e. The number of hydrogen-bond donors (Lipinski definition) is 1. The van der Waals surface area contributed by atoms with Gasteiger partial charge in [0.05, 0.1) is 5.56 Å². The van der Waals surface area contributed by atoms with E-state index in [4.69, 9.17) is 0 Å². The number of carbonyl (C=O) groups is 1. The molecule has 4 heteroatoms. The highest BCUT2D eigenvalue weighted by Crippen LogP contribution is 2.47. The molecular weight excluding hydrogens is 473 g/mol. The van der Waals surface area contributed by atoms with Crippen molar-refractivity contribution in [2.75, 3.05) is 6.54 Å². The van der Waals surface area contributed by atoms with E-state index in [-0.39, 0.29) is 17.4 Å². The molecule has 1 aliphatic heterocycles. The topological polar surface area (TPSA) is 40.3 Å². The van der Waals surface area contributed by atoms with Gasteiger partial charge < -0.3 is 5.11 Å². The van der Waals surface area contributed by atoms with Crippen molar-refractivity contribution in [2.45, 2.75) is 20.3 Å². The van der Waals surface area contributed by atoms with Crippen molar-refractivity contribution >= 4 is 17.1 Å². The van der Waals surface area contributed by atoms with Crippen LogP contribution in [0.3, 0.4) is 0 Å². The predicted molar refractivity (Wildman–Crippen MR) is 149 cm³/mol. The van der Waals surface area contributed by atoms with E-state index in [9.17, 15) is 14.3 Å². The fourth-order valence-electron chi connectivity index (χ4n) is 5.86. The van der Waals surface area contributed by atoms with Gasteiger partial charge in [-0.3, -0.25) is 4.79 Å². The van der Waals surface area contributed by atoms with E-state index in [0.717, 1.165) is 51.1 Å². The molecule has 0 aromatic heterocycles. The van der Waals surface area contributed by atoms with Gasteiger partial charge in [0, 0.05) is 17.6 Å². The maximum absolute atomic E-state index is 13.9. The zero-order valence-electron chi connectivity index (χ0n) is 21.3. The molecule has 0 radical (unpaired) electrons. The normalized spacial score (nSPS) is 14.4. The van der Waals surface area contributed by atoms with Gasteiger partial charge in [0.15, 0.2) is 18.1 Å². The number of nitrogens with zero attached hydrogens (tertiary/aromatic N) is 1. The molecule has 1 N–H and O–H groups in total. The van der Waals surface area contributed by atoms with E-state index >= 15 is 0 Å². The minimum Gasteiger partial charge on any atom is -0.506 e. The molecule has 4 aromatic carbocycles. The molecule has 0 saturated carbocycles. The number of allylic oxidation sites excluding steroid dienone is 2. The number of fused-ring (bicyclic) bond motifs is 4. The second-order valence-corrected chi connectivity index (χ2v) is 9.75. The zero-order chi connectivity index (χ0) is 26.4. The third kappa shape index (κ3) is 3.81. The van der Waals surface area contributed by atoms with Crippen LogP contribution < -0.4 is 0 Å². The first-order valence-electron chi connectivity index (χ1n) is 12.8. The summed E-state index contributed by atoms with van der Waals surface area (Å²) in [7, 11) is 0. The lowest BCUT2D eigenvalue weighted by molar-refractivity contribution is -0.475. The Labute approximate surface area is 221 Å². The van der Waals surface area contributed by atoms with Crippen LogP contribution in [-0.4, -0.2) is 27.7 Å². The molecule has 0 atom stereocenters. The Kier molecular flexibility index (Phi) is 5.88. The van der Waals surface area contributed by atoms with Crippen LogP contribution in [0.2, 0.25) is 0 Å². The summed E-state index contributed by atoms with van der Waals surface area (Å²) in [4.78, 5) is 13.6. The first-order valence-corrected chi connectivity index (χ1v) is 12.8. The predicted octanol–water partition coefficient (Wildman–Crippen LogP) is 7.09. The number of benzene rings is 4. The smallest absolute Gasteiger partial charge is 0.254 e. The van der Waals surface area contributed by atoms with Gasteiger partial charge in [-0.05, 0) is 72.0 Å². The van der Waals surface area contributed by atoms with Gasteiger partial charge >= 0.3 is 0 Å². The molecule has 6 rings (SSSR count). The molecular formula is C34H27FNO2+. The van der Waals surface area contributed by atoms with E-state index in [1.54, 1.807) is 26.0 Å². The first kappa shape index (κ1) is 23.8. The van der Waals surface area contributed by atoms with Gasteiger partial charge in [-0.15, -0.1) is 0 Å². The second-order valence-electron chi connectivity index (χ2n) is 9.75. The lowest BCUT2D eigenvalue weighted by Crippen LogP contribution is -2.33. The highest BCUT2D eigenvalue weighted by atomic mass is 19.1. The number of hydrogen-bond acceptors (Lipinski definition) is 2. The van der Waals surface area contributed by atoms with Gasteiger partial charge in [-0.2, -0.15) is 4.58 Å². The molecule has 0 amide bonds. The van der Waals surface area contributed by atoms with Crippen LogP contribution >= 0.6 is 0 Å². The van der Waals surface area contributed by atoms with Crippen LogP contribution in [-0.2, 0) is 11.2 Å². The molecule has 4 aromatic rings. The third-order valence-electron chi connectivity index (χ3n) is 7.40. The summed E-state index contributed by atoms with van der Waals surface area (Å²) in [5.74, 6) is -0.388. The van der Waals surface area contributed by atoms with Crippen molar-refractivity contribution in [1.29, 1.82) is 0 Å². The maximum atomic E-state index is 13.9. The number of aliphatic hydroxyl groups is 1. The molecule has 38 heavy (non-hydrogen) atoms. The van der Waals surface area contributed by atoms with Crippen molar-refractivity contribution in [3.05, 3.63) is 148 Å². The summed E-state index contributed by atoms with van der Waals surface area (Å²) in [5, 5.41) is 11.3. The summed E-state index contributed by atoms with van der Waals surface area (Å²) < 4.78 is 16.0. The molecule has 3 nitrogen and oxygen atoms in total. The van der Waals surface area contributed by atoms with Gasteiger partial charge in [0.1, 0.15) is 11.4 Å². The van der Waals surface area contributed by atoms with Crippen LogP contribution in [0.25, 0.3) is 16.7 Å². The summed E-state index contributed by atoms with van der Waals surface area (Å²) in [6.07, 6.45) is 0.741. The number of carbonyl (C=O) groups excluding carboxylic acids is 1. The molecule has 186 valence electrons. The van der Waals surface area contributed by atoms with Crippen molar-refractivity contribution in [2.24, 2.45) is 0 Å². The van der Waals surface area contributed by atoms with Crippen LogP contribution in [0.4, 0.5) is 4.39 Å². The first-order chi connectivity index (χ1) is 18.5. The van der Waals surface area contributed by atoms with E-state index in [1.165, 1.54) is 17.7 Å². The van der Waals surface area contributed by atoms with Crippen molar-refractivity contribution < 1.29 is 18.9 Å². The summed E-state index contributed by atoms with van der Waals surface area (Å²) >= 11 is 0. The van der Waals surface area contributed by atoms with Crippen molar-refractivity contribution in [3.63, 3.8) is 0 Å². The van der Waals surface area contributed by atoms with E-state index < -0.39 is 0 Å². The second kappa shape index (κ2) is 9.38. The lowest BCUT2D eigenvalue weighted by Gasteiger charge is -2.22.